The number of hydrogen-bond acceptors (Lipinski definition) is 3. The minimum absolute atomic E-state index is 0.114. The lowest BCUT2D eigenvalue weighted by Crippen LogP contribution is -2.32. The van der Waals surface area contributed by atoms with Crippen LogP contribution in [-0.4, -0.2) is 32.0 Å². The first-order valence-electron chi connectivity index (χ1n) is 6.96. The van der Waals surface area contributed by atoms with Gasteiger partial charge in [0, 0.05) is 26.6 Å². The average Bonchev–Trinajstić information content (AvgIpc) is 2.44. The number of anilines is 1. The Bertz CT molecular complexity index is 504. The summed E-state index contributed by atoms with van der Waals surface area (Å²) in [7, 11) is 1.55. The molecule has 3 N–H and O–H groups in total. The van der Waals surface area contributed by atoms with Crippen LogP contribution in [0.15, 0.2) is 18.2 Å². The van der Waals surface area contributed by atoms with Crippen molar-refractivity contribution in [2.24, 2.45) is 5.92 Å². The van der Waals surface area contributed by atoms with E-state index in [0.29, 0.717) is 12.5 Å². The highest BCUT2D eigenvalue weighted by Gasteiger charge is 2.14. The lowest BCUT2D eigenvalue weighted by atomic mass is 10.1. The van der Waals surface area contributed by atoms with Crippen LogP contribution in [0.5, 0.6) is 0 Å². The van der Waals surface area contributed by atoms with Crippen molar-refractivity contribution in [3.05, 3.63) is 29.6 Å². The van der Waals surface area contributed by atoms with Crippen molar-refractivity contribution in [3.63, 3.8) is 0 Å². The molecule has 0 atom stereocenters. The second-order valence-corrected chi connectivity index (χ2v) is 5.12. The van der Waals surface area contributed by atoms with Crippen LogP contribution in [0, 0.1) is 11.7 Å². The third-order valence-electron chi connectivity index (χ3n) is 2.85. The van der Waals surface area contributed by atoms with Gasteiger partial charge in [-0.1, -0.05) is 19.9 Å². The molecule has 1 aromatic carbocycles. The Morgan fingerprint density at radius 1 is 1.24 bits per heavy atom. The molecule has 1 aromatic rings. The van der Waals surface area contributed by atoms with Gasteiger partial charge in [-0.25, -0.2) is 4.39 Å². The van der Waals surface area contributed by atoms with Crippen molar-refractivity contribution in [1.82, 2.24) is 10.6 Å². The van der Waals surface area contributed by atoms with Crippen molar-refractivity contribution in [2.75, 3.05) is 25.5 Å². The van der Waals surface area contributed by atoms with Gasteiger partial charge >= 0.3 is 0 Å². The van der Waals surface area contributed by atoms with Crippen LogP contribution in [0.3, 0.4) is 0 Å². The molecule has 0 radical (unpaired) electrons. The molecular weight excluding hydrogens is 273 g/mol. The van der Waals surface area contributed by atoms with Crippen molar-refractivity contribution >= 4 is 17.5 Å². The molecule has 1 rings (SSSR count). The van der Waals surface area contributed by atoms with E-state index in [2.05, 4.69) is 16.0 Å². The van der Waals surface area contributed by atoms with E-state index in [1.807, 2.05) is 13.8 Å². The van der Waals surface area contributed by atoms with Crippen LogP contribution in [0.25, 0.3) is 0 Å². The molecule has 0 saturated heterocycles. The van der Waals surface area contributed by atoms with Gasteiger partial charge in [0.25, 0.3) is 5.91 Å². The first kappa shape index (κ1) is 16.9. The van der Waals surface area contributed by atoms with Gasteiger partial charge in [0.05, 0.1) is 11.3 Å². The van der Waals surface area contributed by atoms with Gasteiger partial charge in [-0.2, -0.15) is 0 Å². The molecule has 0 unspecified atom stereocenters. The normalized spacial score (nSPS) is 10.3. The Morgan fingerprint density at radius 3 is 2.57 bits per heavy atom. The van der Waals surface area contributed by atoms with Crippen LogP contribution in [0.2, 0.25) is 0 Å². The van der Waals surface area contributed by atoms with E-state index >= 15 is 0 Å². The van der Waals surface area contributed by atoms with Crippen molar-refractivity contribution < 1.29 is 14.0 Å². The average molecular weight is 295 g/mol. The fraction of sp³-hybridized carbons (Fsp3) is 0.467. The molecule has 0 saturated carbocycles. The topological polar surface area (TPSA) is 70.2 Å². The van der Waals surface area contributed by atoms with E-state index < -0.39 is 11.7 Å². The monoisotopic (exact) mass is 295 g/mol. The van der Waals surface area contributed by atoms with Crippen molar-refractivity contribution in [2.45, 2.75) is 20.3 Å². The maximum atomic E-state index is 13.5. The van der Waals surface area contributed by atoms with E-state index in [1.54, 1.807) is 7.05 Å². The number of benzene rings is 1. The molecule has 0 fully saturated rings. The molecular formula is C15H22FN3O2. The number of halogens is 1. The Hall–Kier alpha value is -2.11. The van der Waals surface area contributed by atoms with Gasteiger partial charge in [-0.3, -0.25) is 9.59 Å². The number of carbonyl (C=O) groups excluding carboxylic acids is 2. The number of nitrogens with one attached hydrogen (secondary N) is 3. The summed E-state index contributed by atoms with van der Waals surface area (Å²) < 4.78 is 13.5. The first-order chi connectivity index (χ1) is 9.95. The number of amides is 2. The summed E-state index contributed by atoms with van der Waals surface area (Å²) in [6, 6.07) is 4.28. The van der Waals surface area contributed by atoms with Crippen molar-refractivity contribution in [3.8, 4) is 0 Å². The van der Waals surface area contributed by atoms with Crippen molar-refractivity contribution in [1.29, 1.82) is 0 Å². The zero-order chi connectivity index (χ0) is 15.8. The SMILES string of the molecule is CNc1c(F)cccc1C(=O)NCCC(=O)NCC(C)C. The summed E-state index contributed by atoms with van der Waals surface area (Å²) in [5, 5.41) is 8.04. The number of rotatable bonds is 7. The zero-order valence-corrected chi connectivity index (χ0v) is 12.6. The quantitative estimate of drug-likeness (QED) is 0.718. The zero-order valence-electron chi connectivity index (χ0n) is 12.6. The number of carbonyl (C=O) groups is 2. The van der Waals surface area contributed by atoms with E-state index in [0.717, 1.165) is 0 Å². The van der Waals surface area contributed by atoms with Crippen LogP contribution in [0.4, 0.5) is 10.1 Å². The first-order valence-corrected chi connectivity index (χ1v) is 6.96. The predicted molar refractivity (Wildman–Crippen MR) is 80.7 cm³/mol. The van der Waals surface area contributed by atoms with Crippen LogP contribution in [0.1, 0.15) is 30.6 Å². The van der Waals surface area contributed by atoms with Gasteiger partial charge in [0.15, 0.2) is 0 Å². The highest BCUT2D eigenvalue weighted by Crippen LogP contribution is 2.18. The van der Waals surface area contributed by atoms with E-state index in [-0.39, 0.29) is 30.1 Å². The summed E-state index contributed by atoms with van der Waals surface area (Å²) in [5.41, 5.74) is 0.374. The maximum absolute atomic E-state index is 13.5. The summed E-state index contributed by atoms with van der Waals surface area (Å²) >= 11 is 0. The molecule has 6 heteroatoms. The fourth-order valence-corrected chi connectivity index (χ4v) is 1.76. The molecule has 21 heavy (non-hydrogen) atoms. The van der Waals surface area contributed by atoms with Crippen LogP contribution < -0.4 is 16.0 Å². The highest BCUT2D eigenvalue weighted by molar-refractivity contribution is 5.99. The molecule has 0 aromatic heterocycles. The standard InChI is InChI=1S/C15H22FN3O2/c1-10(2)9-19-13(20)7-8-18-15(21)11-5-4-6-12(16)14(11)17-3/h4-6,10,17H,7-9H2,1-3H3,(H,18,21)(H,19,20). The summed E-state index contributed by atoms with van der Waals surface area (Å²) in [5.74, 6) is -0.624. The minimum atomic E-state index is -0.486. The summed E-state index contributed by atoms with van der Waals surface area (Å²) in [6.07, 6.45) is 0.197. The number of para-hydroxylation sites is 1. The Kier molecular flexibility index (Phi) is 6.65. The Labute approximate surface area is 124 Å². The Morgan fingerprint density at radius 2 is 1.95 bits per heavy atom. The van der Waals surface area contributed by atoms with Gasteiger partial charge < -0.3 is 16.0 Å². The largest absolute Gasteiger partial charge is 0.385 e. The second kappa shape index (κ2) is 8.24. The smallest absolute Gasteiger partial charge is 0.253 e. The highest BCUT2D eigenvalue weighted by atomic mass is 19.1. The molecule has 116 valence electrons. The fourth-order valence-electron chi connectivity index (χ4n) is 1.76. The third-order valence-corrected chi connectivity index (χ3v) is 2.85. The van der Waals surface area contributed by atoms with E-state index in [9.17, 15) is 14.0 Å². The van der Waals surface area contributed by atoms with E-state index in [1.165, 1.54) is 18.2 Å². The third kappa shape index (κ3) is 5.41. The molecule has 5 nitrogen and oxygen atoms in total. The molecule has 0 bridgehead atoms. The Balaban J connectivity index is 2.48. The second-order valence-electron chi connectivity index (χ2n) is 5.12. The molecule has 0 aliphatic rings. The van der Waals surface area contributed by atoms with Crippen LogP contribution in [-0.2, 0) is 4.79 Å². The van der Waals surface area contributed by atoms with E-state index in [4.69, 9.17) is 0 Å². The molecule has 0 aliphatic carbocycles. The lowest BCUT2D eigenvalue weighted by Gasteiger charge is -2.11. The van der Waals surface area contributed by atoms with Gasteiger partial charge in [-0.15, -0.1) is 0 Å². The molecule has 0 spiro atoms. The molecule has 2 amide bonds. The number of hydrogen-bond donors (Lipinski definition) is 3. The lowest BCUT2D eigenvalue weighted by molar-refractivity contribution is -0.121. The van der Waals surface area contributed by atoms with Gasteiger partial charge in [0.2, 0.25) is 5.91 Å². The minimum Gasteiger partial charge on any atom is -0.385 e. The maximum Gasteiger partial charge on any atom is 0.253 e. The van der Waals surface area contributed by atoms with Crippen LogP contribution >= 0.6 is 0 Å². The molecule has 0 heterocycles. The summed E-state index contributed by atoms with van der Waals surface area (Å²) in [4.78, 5) is 23.5. The van der Waals surface area contributed by atoms with Gasteiger partial charge in [0.1, 0.15) is 5.82 Å². The predicted octanol–water partition coefficient (Wildman–Crippen LogP) is 1.76. The summed E-state index contributed by atoms with van der Waals surface area (Å²) in [6.45, 7) is 4.83. The van der Waals surface area contributed by atoms with Gasteiger partial charge in [-0.05, 0) is 18.1 Å². The molecule has 0 aliphatic heterocycles.